The van der Waals surface area contributed by atoms with Crippen molar-refractivity contribution in [2.45, 2.75) is 10.1 Å². The van der Waals surface area contributed by atoms with Gasteiger partial charge in [0.05, 0.1) is 0 Å². The topological polar surface area (TPSA) is 0 Å². The second kappa shape index (κ2) is 2.84. The first-order valence-electron chi connectivity index (χ1n) is 1.72. The van der Waals surface area contributed by atoms with Gasteiger partial charge in [-0.3, -0.25) is 0 Å². The highest BCUT2D eigenvalue weighted by Crippen LogP contribution is 2.26. The molecular formula is C3H3F4I. The van der Waals surface area contributed by atoms with E-state index >= 15 is 0 Å². The molecule has 0 N–H and O–H groups in total. The highest BCUT2D eigenvalue weighted by molar-refractivity contribution is 14.1. The Hall–Kier alpha value is 0.450. The smallest absolute Gasteiger partial charge is 0.244 e. The fourth-order valence-corrected chi connectivity index (χ4v) is 0.225. The van der Waals surface area contributed by atoms with Crippen molar-refractivity contribution in [1.82, 2.24) is 0 Å². The predicted octanol–water partition coefficient (Wildman–Crippen LogP) is 2.32. The van der Waals surface area contributed by atoms with Crippen LogP contribution in [0.4, 0.5) is 17.6 Å². The van der Waals surface area contributed by atoms with Gasteiger partial charge in [0, 0.05) is 0 Å². The van der Waals surface area contributed by atoms with Crippen molar-refractivity contribution in [3.05, 3.63) is 0 Å². The maximum absolute atomic E-state index is 11.5. The number of halogens is 5. The van der Waals surface area contributed by atoms with Crippen molar-refractivity contribution < 1.29 is 17.6 Å². The first kappa shape index (κ1) is 8.45. The first-order chi connectivity index (χ1) is 3.50. The van der Waals surface area contributed by atoms with Crippen molar-refractivity contribution >= 4 is 22.6 Å². The van der Waals surface area contributed by atoms with Crippen LogP contribution in [0.25, 0.3) is 0 Å². The molecule has 5 heteroatoms. The molecular weight excluding hydrogens is 239 g/mol. The maximum atomic E-state index is 11.5. The van der Waals surface area contributed by atoms with E-state index in [4.69, 9.17) is 0 Å². The molecule has 0 nitrogen and oxygen atoms in total. The Morgan fingerprint density at radius 1 is 1.50 bits per heavy atom. The van der Waals surface area contributed by atoms with Gasteiger partial charge in [0.2, 0.25) is 4.18 Å². The lowest BCUT2D eigenvalue weighted by Crippen LogP contribution is -2.27. The minimum absolute atomic E-state index is 0.829. The van der Waals surface area contributed by atoms with Gasteiger partial charge in [-0.2, -0.15) is 8.78 Å². The van der Waals surface area contributed by atoms with E-state index in [9.17, 15) is 17.6 Å². The maximum Gasteiger partial charge on any atom is 0.315 e. The van der Waals surface area contributed by atoms with Crippen molar-refractivity contribution in [1.29, 1.82) is 0 Å². The molecule has 50 valence electrons. The summed E-state index contributed by atoms with van der Waals surface area (Å²) < 4.78 is 43.1. The van der Waals surface area contributed by atoms with Crippen LogP contribution in [0.3, 0.4) is 0 Å². The van der Waals surface area contributed by atoms with Gasteiger partial charge >= 0.3 is 5.92 Å². The summed E-state index contributed by atoms with van der Waals surface area (Å²) in [5.74, 6) is -3.80. The molecule has 0 radical (unpaired) electrons. The van der Waals surface area contributed by atoms with Gasteiger partial charge in [0.25, 0.3) is 0 Å². The van der Waals surface area contributed by atoms with Crippen LogP contribution in [0.2, 0.25) is 0 Å². The van der Waals surface area contributed by atoms with Gasteiger partial charge < -0.3 is 0 Å². The molecule has 0 aromatic carbocycles. The molecule has 1 unspecified atom stereocenters. The Kier molecular flexibility index (Phi) is 3.00. The Morgan fingerprint density at radius 3 is 1.88 bits per heavy atom. The lowest BCUT2D eigenvalue weighted by molar-refractivity contribution is -0.0499. The summed E-state index contributed by atoms with van der Waals surface area (Å²) >= 11 is 0.829. The Morgan fingerprint density at radius 2 is 1.88 bits per heavy atom. The summed E-state index contributed by atoms with van der Waals surface area (Å²) in [6.45, 7) is -1.93. The van der Waals surface area contributed by atoms with E-state index in [-0.39, 0.29) is 0 Å². The summed E-state index contributed by atoms with van der Waals surface area (Å²) in [4.78, 5) is 0. The molecule has 0 spiro atoms. The average molecular weight is 242 g/mol. The minimum Gasteiger partial charge on any atom is -0.244 e. The monoisotopic (exact) mass is 242 g/mol. The van der Waals surface area contributed by atoms with Gasteiger partial charge in [0.1, 0.15) is 0 Å². The Balaban J connectivity index is 3.71. The van der Waals surface area contributed by atoms with Crippen LogP contribution in [0.5, 0.6) is 0 Å². The first-order valence-corrected chi connectivity index (χ1v) is 2.97. The number of rotatable bonds is 2. The van der Waals surface area contributed by atoms with E-state index in [1.54, 1.807) is 0 Å². The van der Waals surface area contributed by atoms with E-state index in [2.05, 4.69) is 0 Å². The van der Waals surface area contributed by atoms with Crippen LogP contribution in [0, 0.1) is 0 Å². The third kappa shape index (κ3) is 2.15. The SMILES string of the molecule is FCC(F)(F)C(F)I. The minimum atomic E-state index is -3.80. The van der Waals surface area contributed by atoms with Crippen LogP contribution in [0.15, 0.2) is 0 Å². The van der Waals surface area contributed by atoms with Crippen LogP contribution in [-0.4, -0.2) is 16.8 Å². The van der Waals surface area contributed by atoms with Gasteiger partial charge in [-0.25, -0.2) is 8.78 Å². The quantitative estimate of drug-likeness (QED) is 0.396. The van der Waals surface area contributed by atoms with Gasteiger partial charge in [-0.1, -0.05) is 0 Å². The molecule has 0 aromatic heterocycles. The molecule has 0 aliphatic heterocycles. The third-order valence-electron chi connectivity index (χ3n) is 0.497. The van der Waals surface area contributed by atoms with Gasteiger partial charge in [-0.15, -0.1) is 0 Å². The average Bonchev–Trinajstić information content (AvgIpc) is 1.67. The lowest BCUT2D eigenvalue weighted by atomic mass is 10.4. The predicted molar refractivity (Wildman–Crippen MR) is 29.8 cm³/mol. The van der Waals surface area contributed by atoms with E-state index in [1.807, 2.05) is 0 Å². The second-order valence-corrected chi connectivity index (χ2v) is 2.29. The highest BCUT2D eigenvalue weighted by atomic mass is 127. The van der Waals surface area contributed by atoms with Crippen molar-refractivity contribution in [2.75, 3.05) is 6.67 Å². The summed E-state index contributed by atoms with van der Waals surface area (Å²) in [5, 5.41) is 0. The van der Waals surface area contributed by atoms with Crippen LogP contribution >= 0.6 is 22.6 Å². The van der Waals surface area contributed by atoms with E-state index in [1.165, 1.54) is 0 Å². The van der Waals surface area contributed by atoms with Crippen molar-refractivity contribution in [3.8, 4) is 0 Å². The van der Waals surface area contributed by atoms with E-state index in [0.717, 1.165) is 22.6 Å². The fourth-order valence-electron chi connectivity index (χ4n) is 0.0583. The number of hydrogen-bond acceptors (Lipinski definition) is 0. The van der Waals surface area contributed by atoms with Crippen molar-refractivity contribution in [2.24, 2.45) is 0 Å². The van der Waals surface area contributed by atoms with E-state index < -0.39 is 16.8 Å². The van der Waals surface area contributed by atoms with Gasteiger partial charge in [-0.05, 0) is 22.6 Å². The molecule has 0 saturated heterocycles. The van der Waals surface area contributed by atoms with Gasteiger partial charge in [0.15, 0.2) is 6.67 Å². The summed E-state index contributed by atoms with van der Waals surface area (Å²) in [5.41, 5.74) is 0. The second-order valence-electron chi connectivity index (χ2n) is 1.20. The summed E-state index contributed by atoms with van der Waals surface area (Å²) in [6.07, 6.45) is 0. The highest BCUT2D eigenvalue weighted by Gasteiger charge is 2.38. The molecule has 8 heavy (non-hydrogen) atoms. The molecule has 0 fully saturated rings. The molecule has 0 bridgehead atoms. The summed E-state index contributed by atoms with van der Waals surface area (Å²) in [7, 11) is 0. The fraction of sp³-hybridized carbons (Fsp3) is 1.00. The van der Waals surface area contributed by atoms with E-state index in [0.29, 0.717) is 0 Å². The van der Waals surface area contributed by atoms with Crippen LogP contribution in [0.1, 0.15) is 0 Å². The van der Waals surface area contributed by atoms with Crippen LogP contribution in [-0.2, 0) is 0 Å². The molecule has 0 aliphatic carbocycles. The zero-order valence-corrected chi connectivity index (χ0v) is 5.83. The zero-order valence-electron chi connectivity index (χ0n) is 3.67. The molecule has 0 aliphatic rings. The number of hydrogen-bond donors (Lipinski definition) is 0. The molecule has 0 aromatic rings. The standard InChI is InChI=1S/C3H3F4I/c4-1-3(6,7)2(5)8/h2H,1H2. The Labute approximate surface area is 57.4 Å². The zero-order chi connectivity index (χ0) is 6.78. The molecule has 0 saturated carbocycles. The Bertz CT molecular complexity index is 71.7. The normalized spacial score (nSPS) is 16.1. The molecule has 0 amide bonds. The molecule has 1 atom stereocenters. The number of alkyl halides is 5. The van der Waals surface area contributed by atoms with Crippen LogP contribution < -0.4 is 0 Å². The van der Waals surface area contributed by atoms with Crippen molar-refractivity contribution in [3.63, 3.8) is 0 Å². The molecule has 0 heterocycles. The largest absolute Gasteiger partial charge is 0.315 e. The third-order valence-corrected chi connectivity index (χ3v) is 1.41. The lowest BCUT2D eigenvalue weighted by Gasteiger charge is -2.10. The molecule has 0 rings (SSSR count). The summed E-state index contributed by atoms with van der Waals surface area (Å²) in [6, 6.07) is 0.